The van der Waals surface area contributed by atoms with Gasteiger partial charge in [0.2, 0.25) is 17.5 Å². The van der Waals surface area contributed by atoms with Gasteiger partial charge in [-0.3, -0.25) is 4.40 Å². The summed E-state index contributed by atoms with van der Waals surface area (Å²) in [5.41, 5.74) is 9.54. The van der Waals surface area contributed by atoms with Crippen LogP contribution in [-0.2, 0) is 6.54 Å². The number of para-hydroxylation sites is 2. The van der Waals surface area contributed by atoms with Gasteiger partial charge < -0.3 is 5.73 Å². The van der Waals surface area contributed by atoms with Gasteiger partial charge >= 0.3 is 0 Å². The number of nitriles is 1. The van der Waals surface area contributed by atoms with Crippen molar-refractivity contribution in [2.45, 2.75) is 6.54 Å². The first-order valence-corrected chi connectivity index (χ1v) is 7.38. The Bertz CT molecular complexity index is 1150. The van der Waals surface area contributed by atoms with Crippen molar-refractivity contribution >= 4 is 22.5 Å². The van der Waals surface area contributed by atoms with E-state index in [4.69, 9.17) is 11.0 Å². The van der Waals surface area contributed by atoms with E-state index in [0.29, 0.717) is 23.6 Å². The largest absolute Gasteiger partial charge is 0.381 e. The summed E-state index contributed by atoms with van der Waals surface area (Å²) in [7, 11) is 0. The van der Waals surface area contributed by atoms with Gasteiger partial charge in [0.25, 0.3) is 0 Å². The molecular weight excluding hydrogens is 302 g/mol. The van der Waals surface area contributed by atoms with Crippen LogP contribution in [0.25, 0.3) is 16.7 Å². The SMILES string of the molecule is N#CN=c1n(Cc2ccccc2)nc2c(N)nc3ccccc3n12. The lowest BCUT2D eigenvalue weighted by Crippen LogP contribution is -2.24. The highest BCUT2D eigenvalue weighted by Crippen LogP contribution is 2.16. The average molecular weight is 315 g/mol. The predicted molar refractivity (Wildman–Crippen MR) is 89.6 cm³/mol. The Morgan fingerprint density at radius 1 is 1.08 bits per heavy atom. The van der Waals surface area contributed by atoms with E-state index in [1.165, 1.54) is 0 Å². The number of nitrogens with zero attached hydrogens (tertiary/aromatic N) is 6. The second kappa shape index (κ2) is 5.52. The minimum Gasteiger partial charge on any atom is -0.381 e. The van der Waals surface area contributed by atoms with E-state index in [0.717, 1.165) is 16.6 Å². The maximum Gasteiger partial charge on any atom is 0.244 e. The summed E-state index contributed by atoms with van der Waals surface area (Å²) in [6.07, 6.45) is 1.85. The van der Waals surface area contributed by atoms with Crippen LogP contribution < -0.4 is 11.4 Å². The zero-order valence-electron chi connectivity index (χ0n) is 12.7. The Morgan fingerprint density at radius 2 is 1.83 bits per heavy atom. The summed E-state index contributed by atoms with van der Waals surface area (Å²) in [5, 5.41) is 13.6. The molecule has 0 bridgehead atoms. The van der Waals surface area contributed by atoms with Crippen molar-refractivity contribution in [2.24, 2.45) is 4.99 Å². The molecule has 0 aliphatic rings. The van der Waals surface area contributed by atoms with E-state index >= 15 is 0 Å². The molecular formula is C17H13N7. The van der Waals surface area contributed by atoms with Gasteiger partial charge in [-0.05, 0) is 17.7 Å². The lowest BCUT2D eigenvalue weighted by atomic mass is 10.2. The van der Waals surface area contributed by atoms with Gasteiger partial charge in [0.05, 0.1) is 17.6 Å². The monoisotopic (exact) mass is 315 g/mol. The van der Waals surface area contributed by atoms with Gasteiger partial charge in [0.15, 0.2) is 5.82 Å². The quantitative estimate of drug-likeness (QED) is 0.569. The second-order valence-corrected chi connectivity index (χ2v) is 5.30. The van der Waals surface area contributed by atoms with E-state index in [1.54, 1.807) is 9.08 Å². The Kier molecular flexibility index (Phi) is 3.21. The molecule has 0 atom stereocenters. The van der Waals surface area contributed by atoms with Gasteiger partial charge in [-0.25, -0.2) is 9.67 Å². The molecule has 0 radical (unpaired) electrons. The van der Waals surface area contributed by atoms with Gasteiger partial charge in [0, 0.05) is 0 Å². The maximum atomic E-state index is 9.11. The molecule has 0 saturated carbocycles. The first-order valence-electron chi connectivity index (χ1n) is 7.38. The van der Waals surface area contributed by atoms with E-state index in [9.17, 15) is 0 Å². The van der Waals surface area contributed by atoms with Crippen molar-refractivity contribution in [3.63, 3.8) is 0 Å². The maximum absolute atomic E-state index is 9.11. The van der Waals surface area contributed by atoms with Crippen molar-refractivity contribution in [1.29, 1.82) is 5.26 Å². The number of nitrogen functional groups attached to an aromatic ring is 1. The fourth-order valence-corrected chi connectivity index (χ4v) is 2.74. The molecule has 2 heterocycles. The molecule has 0 unspecified atom stereocenters. The molecule has 2 aromatic heterocycles. The summed E-state index contributed by atoms with van der Waals surface area (Å²) in [5.74, 6) is 0.301. The summed E-state index contributed by atoms with van der Waals surface area (Å²) in [4.78, 5) is 8.35. The number of benzene rings is 2. The first kappa shape index (κ1) is 14.0. The third-order valence-electron chi connectivity index (χ3n) is 3.78. The molecule has 7 heteroatoms. The average Bonchev–Trinajstić information content (AvgIpc) is 2.96. The number of hydrogen-bond donors (Lipinski definition) is 1. The van der Waals surface area contributed by atoms with Crippen molar-refractivity contribution in [2.75, 3.05) is 5.73 Å². The van der Waals surface area contributed by atoms with Crippen LogP contribution in [-0.4, -0.2) is 19.2 Å². The number of hydrogen-bond acceptors (Lipinski definition) is 5. The predicted octanol–water partition coefficient (Wildman–Crippen LogP) is 1.70. The first-order chi connectivity index (χ1) is 11.8. The van der Waals surface area contributed by atoms with E-state index in [-0.39, 0.29) is 0 Å². The fraction of sp³-hybridized carbons (Fsp3) is 0.0588. The molecule has 0 fully saturated rings. The van der Waals surface area contributed by atoms with Crippen molar-refractivity contribution in [1.82, 2.24) is 19.2 Å². The van der Waals surface area contributed by atoms with E-state index < -0.39 is 0 Å². The van der Waals surface area contributed by atoms with Crippen molar-refractivity contribution < 1.29 is 0 Å². The third kappa shape index (κ3) is 2.18. The molecule has 0 aliphatic heterocycles. The standard InChI is InChI=1S/C17H13N7/c18-11-20-17-23(10-12-6-2-1-3-7-12)22-16-15(19)21-13-8-4-5-9-14(13)24(16)17/h1-9H,10H2,(H2,19,21). The lowest BCUT2D eigenvalue weighted by Gasteiger charge is -2.02. The molecule has 116 valence electrons. The van der Waals surface area contributed by atoms with Crippen LogP contribution in [0.4, 0.5) is 5.82 Å². The summed E-state index contributed by atoms with van der Waals surface area (Å²) >= 11 is 0. The van der Waals surface area contributed by atoms with E-state index in [1.807, 2.05) is 60.8 Å². The third-order valence-corrected chi connectivity index (χ3v) is 3.78. The lowest BCUT2D eigenvalue weighted by molar-refractivity contribution is 0.647. The van der Waals surface area contributed by atoms with Gasteiger partial charge in [-0.1, -0.05) is 42.5 Å². The zero-order valence-corrected chi connectivity index (χ0v) is 12.7. The smallest absolute Gasteiger partial charge is 0.244 e. The van der Waals surface area contributed by atoms with Crippen molar-refractivity contribution in [3.05, 3.63) is 65.8 Å². The molecule has 24 heavy (non-hydrogen) atoms. The van der Waals surface area contributed by atoms with Crippen LogP contribution in [0.2, 0.25) is 0 Å². The van der Waals surface area contributed by atoms with Gasteiger partial charge in [0.1, 0.15) is 0 Å². The molecule has 7 nitrogen and oxygen atoms in total. The molecule has 0 amide bonds. The molecule has 2 aromatic carbocycles. The van der Waals surface area contributed by atoms with Crippen LogP contribution in [0.15, 0.2) is 59.6 Å². The minimum absolute atomic E-state index is 0.301. The zero-order chi connectivity index (χ0) is 16.5. The van der Waals surface area contributed by atoms with Crippen LogP contribution in [0, 0.1) is 11.5 Å². The van der Waals surface area contributed by atoms with Crippen LogP contribution >= 0.6 is 0 Å². The molecule has 4 aromatic rings. The van der Waals surface area contributed by atoms with Crippen LogP contribution in [0.1, 0.15) is 5.56 Å². The van der Waals surface area contributed by atoms with Crippen LogP contribution in [0.5, 0.6) is 0 Å². The fourth-order valence-electron chi connectivity index (χ4n) is 2.74. The number of aromatic nitrogens is 4. The van der Waals surface area contributed by atoms with Crippen LogP contribution in [0.3, 0.4) is 0 Å². The Labute approximate surface area is 136 Å². The Hall–Kier alpha value is -3.66. The van der Waals surface area contributed by atoms with Crippen molar-refractivity contribution in [3.8, 4) is 6.19 Å². The molecule has 2 N–H and O–H groups in total. The number of nitrogens with two attached hydrogens (primary N) is 1. The minimum atomic E-state index is 0.301. The highest BCUT2D eigenvalue weighted by molar-refractivity contribution is 5.81. The molecule has 0 spiro atoms. The van der Waals surface area contributed by atoms with Gasteiger partial charge in [-0.15, -0.1) is 10.1 Å². The molecule has 0 aliphatic carbocycles. The highest BCUT2D eigenvalue weighted by Gasteiger charge is 2.13. The number of rotatable bonds is 2. The Balaban J connectivity index is 2.07. The summed E-state index contributed by atoms with van der Waals surface area (Å²) < 4.78 is 3.43. The summed E-state index contributed by atoms with van der Waals surface area (Å²) in [6.45, 7) is 0.483. The highest BCUT2D eigenvalue weighted by atomic mass is 15.4. The summed E-state index contributed by atoms with van der Waals surface area (Å²) in [6, 6.07) is 17.4. The normalized spacial score (nSPS) is 11.9. The topological polar surface area (TPSA) is 97.3 Å². The van der Waals surface area contributed by atoms with Gasteiger partial charge in [-0.2, -0.15) is 5.26 Å². The molecule has 0 saturated heterocycles. The number of fused-ring (bicyclic) bond motifs is 3. The molecule has 4 rings (SSSR count). The number of anilines is 1. The second-order valence-electron chi connectivity index (χ2n) is 5.30. The van der Waals surface area contributed by atoms with E-state index in [2.05, 4.69) is 15.1 Å². The Morgan fingerprint density at radius 3 is 2.62 bits per heavy atom.